The molecule has 0 radical (unpaired) electrons. The van der Waals surface area contributed by atoms with Crippen LogP contribution in [0, 0.1) is 0 Å². The molecule has 0 spiro atoms. The Kier molecular flexibility index (Phi) is 7.15. The molecule has 8 nitrogen and oxygen atoms in total. The lowest BCUT2D eigenvalue weighted by Gasteiger charge is -2.38. The van der Waals surface area contributed by atoms with E-state index in [-0.39, 0.29) is 34.2 Å². The molecular weight excluding hydrogens is 533 g/mol. The number of fused-ring (bicyclic) bond motifs is 1. The molecule has 39 heavy (non-hydrogen) atoms. The first-order valence-corrected chi connectivity index (χ1v) is 13.7. The van der Waals surface area contributed by atoms with Gasteiger partial charge in [0.15, 0.2) is 0 Å². The lowest BCUT2D eigenvalue weighted by atomic mass is 10.0. The van der Waals surface area contributed by atoms with Gasteiger partial charge in [0, 0.05) is 30.1 Å². The second kappa shape index (κ2) is 10.6. The highest BCUT2D eigenvalue weighted by molar-refractivity contribution is 6.34. The highest BCUT2D eigenvalue weighted by Gasteiger charge is 2.36. The van der Waals surface area contributed by atoms with Gasteiger partial charge in [-0.2, -0.15) is 23.1 Å². The molecule has 3 aliphatic heterocycles. The van der Waals surface area contributed by atoms with Gasteiger partial charge in [-0.15, -0.1) is 0 Å². The quantitative estimate of drug-likeness (QED) is 0.440. The van der Waals surface area contributed by atoms with Crippen LogP contribution in [0.15, 0.2) is 24.3 Å². The number of nitrogens with zero attached hydrogens (tertiary/aromatic N) is 5. The van der Waals surface area contributed by atoms with Gasteiger partial charge in [-0.05, 0) is 62.9 Å². The Morgan fingerprint density at radius 1 is 1.03 bits per heavy atom. The lowest BCUT2D eigenvalue weighted by Crippen LogP contribution is -2.52. The molecule has 3 aliphatic rings. The maximum Gasteiger partial charge on any atom is 0.418 e. The van der Waals surface area contributed by atoms with Crippen LogP contribution < -0.4 is 15.4 Å². The van der Waals surface area contributed by atoms with E-state index >= 15 is 0 Å². The minimum atomic E-state index is -4.63. The number of nitrogens with two attached hydrogens (primary N) is 1. The van der Waals surface area contributed by atoms with Crippen LogP contribution in [-0.2, 0) is 10.9 Å². The van der Waals surface area contributed by atoms with Crippen molar-refractivity contribution in [2.45, 2.75) is 50.4 Å². The molecule has 3 saturated heterocycles. The number of hydrogen-bond donors (Lipinski definition) is 1. The number of likely N-dealkylation sites (tertiary alicyclic amines) is 1. The van der Waals surface area contributed by atoms with Gasteiger partial charge in [-0.1, -0.05) is 11.6 Å². The van der Waals surface area contributed by atoms with Crippen molar-refractivity contribution in [1.29, 1.82) is 0 Å². The third kappa shape index (κ3) is 5.31. The van der Waals surface area contributed by atoms with E-state index in [4.69, 9.17) is 31.8 Å². The van der Waals surface area contributed by atoms with Crippen molar-refractivity contribution in [2.24, 2.45) is 0 Å². The van der Waals surface area contributed by atoms with Crippen LogP contribution in [0.2, 0.25) is 5.02 Å². The second-order valence-corrected chi connectivity index (χ2v) is 10.8. The Labute approximate surface area is 229 Å². The molecule has 6 rings (SSSR count). The average molecular weight is 563 g/mol. The normalized spacial score (nSPS) is 20.9. The monoisotopic (exact) mass is 562 g/mol. The number of ether oxygens (including phenoxy) is 2. The Hall–Kier alpha value is -2.89. The average Bonchev–Trinajstić information content (AvgIpc) is 3.33. The molecule has 0 aliphatic carbocycles. The van der Waals surface area contributed by atoms with Crippen molar-refractivity contribution in [3.8, 4) is 17.3 Å². The highest BCUT2D eigenvalue weighted by atomic mass is 35.5. The number of benzene rings is 1. The number of hydrogen-bond acceptors (Lipinski definition) is 8. The maximum absolute atomic E-state index is 13.9. The highest BCUT2D eigenvalue weighted by Crippen LogP contribution is 2.41. The summed E-state index contributed by atoms with van der Waals surface area (Å²) >= 11 is 6.61. The number of pyridine rings is 1. The summed E-state index contributed by atoms with van der Waals surface area (Å²) in [6, 6.07) is 6.07. The topological polar surface area (TPSA) is 89.6 Å². The summed E-state index contributed by atoms with van der Waals surface area (Å²) in [5, 5.41) is 0.774. The van der Waals surface area contributed by atoms with E-state index < -0.39 is 11.7 Å². The zero-order valence-corrected chi connectivity index (χ0v) is 22.1. The molecule has 0 unspecified atom stereocenters. The standard InChI is InChI=1S/C27H30ClF3N6O2/c28-21-11-19-22(12-18(21)24-20(27(29,30)31)6-7-23(32)34-24)33-26(35-25(19)36-8-2-1-3-9-36)39-15-16-5-4-10-37(16)17-13-38-14-17/h6-7,11-12,16-17H,1-5,8-10,13-15H2,(H2,32,34)/t16-/m0/s1. The molecule has 3 aromatic rings. The molecule has 0 saturated carbocycles. The van der Waals surface area contributed by atoms with Crippen LogP contribution in [-0.4, -0.2) is 71.4 Å². The first-order chi connectivity index (χ1) is 18.8. The summed E-state index contributed by atoms with van der Waals surface area (Å²) in [5.41, 5.74) is 5.07. The molecule has 1 aromatic carbocycles. The molecule has 2 aromatic heterocycles. The van der Waals surface area contributed by atoms with E-state index in [1.54, 1.807) is 6.07 Å². The second-order valence-electron chi connectivity index (χ2n) is 10.4. The van der Waals surface area contributed by atoms with Gasteiger partial charge in [-0.25, -0.2) is 4.98 Å². The fourth-order valence-corrected chi connectivity index (χ4v) is 5.97. The van der Waals surface area contributed by atoms with Crippen LogP contribution >= 0.6 is 11.6 Å². The molecule has 0 amide bonds. The van der Waals surface area contributed by atoms with Crippen LogP contribution in [0.4, 0.5) is 24.8 Å². The van der Waals surface area contributed by atoms with E-state index in [9.17, 15) is 13.2 Å². The number of piperidine rings is 1. The van der Waals surface area contributed by atoms with Crippen LogP contribution in [0.1, 0.15) is 37.7 Å². The fourth-order valence-electron chi connectivity index (χ4n) is 5.72. The maximum atomic E-state index is 13.9. The van der Waals surface area contributed by atoms with Gasteiger partial charge in [0.1, 0.15) is 18.2 Å². The molecule has 12 heteroatoms. The summed E-state index contributed by atoms with van der Waals surface area (Å²) in [4.78, 5) is 18.0. The molecule has 3 fully saturated rings. The Bertz CT molecular complexity index is 1360. The Morgan fingerprint density at radius 2 is 1.82 bits per heavy atom. The smallest absolute Gasteiger partial charge is 0.418 e. The lowest BCUT2D eigenvalue weighted by molar-refractivity contribution is -0.137. The van der Waals surface area contributed by atoms with Crippen molar-refractivity contribution < 1.29 is 22.6 Å². The number of rotatable bonds is 6. The van der Waals surface area contributed by atoms with Gasteiger partial charge in [-0.3, -0.25) is 4.90 Å². The van der Waals surface area contributed by atoms with E-state index in [0.29, 0.717) is 29.4 Å². The van der Waals surface area contributed by atoms with E-state index in [0.717, 1.165) is 77.1 Å². The zero-order valence-electron chi connectivity index (χ0n) is 21.4. The van der Waals surface area contributed by atoms with Crippen LogP contribution in [0.5, 0.6) is 6.01 Å². The number of anilines is 2. The van der Waals surface area contributed by atoms with Crippen molar-refractivity contribution in [3.05, 3.63) is 34.9 Å². The summed E-state index contributed by atoms with van der Waals surface area (Å²) in [5.74, 6) is 0.642. The van der Waals surface area contributed by atoms with Crippen molar-refractivity contribution in [2.75, 3.05) is 50.1 Å². The van der Waals surface area contributed by atoms with Crippen molar-refractivity contribution in [3.63, 3.8) is 0 Å². The van der Waals surface area contributed by atoms with Crippen molar-refractivity contribution in [1.82, 2.24) is 19.9 Å². The zero-order chi connectivity index (χ0) is 27.1. The van der Waals surface area contributed by atoms with Crippen LogP contribution in [0.25, 0.3) is 22.2 Å². The minimum Gasteiger partial charge on any atom is -0.462 e. The third-order valence-electron chi connectivity index (χ3n) is 7.79. The van der Waals surface area contributed by atoms with E-state index in [2.05, 4.69) is 19.8 Å². The summed E-state index contributed by atoms with van der Waals surface area (Å²) in [7, 11) is 0. The summed E-state index contributed by atoms with van der Waals surface area (Å²) in [6.45, 7) is 4.55. The van der Waals surface area contributed by atoms with Gasteiger partial charge >= 0.3 is 12.2 Å². The van der Waals surface area contributed by atoms with E-state index in [1.165, 1.54) is 6.07 Å². The van der Waals surface area contributed by atoms with Crippen LogP contribution in [0.3, 0.4) is 0 Å². The van der Waals surface area contributed by atoms with Gasteiger partial charge in [0.2, 0.25) is 0 Å². The number of halogens is 4. The third-order valence-corrected chi connectivity index (χ3v) is 8.11. The van der Waals surface area contributed by atoms with Crippen molar-refractivity contribution >= 4 is 34.1 Å². The van der Waals surface area contributed by atoms with Gasteiger partial charge < -0.3 is 20.1 Å². The van der Waals surface area contributed by atoms with E-state index in [1.807, 2.05) is 0 Å². The predicted molar refractivity (Wildman–Crippen MR) is 143 cm³/mol. The summed E-state index contributed by atoms with van der Waals surface area (Å²) in [6.07, 6.45) is 0.665. The molecular formula is C27H30ClF3N6O2. The fraction of sp³-hybridized carbons (Fsp3) is 0.519. The predicted octanol–water partition coefficient (Wildman–Crippen LogP) is 5.18. The largest absolute Gasteiger partial charge is 0.462 e. The molecule has 2 N–H and O–H groups in total. The number of alkyl halides is 3. The molecule has 5 heterocycles. The number of aromatic nitrogens is 3. The Balaban J connectivity index is 1.40. The number of nitrogen functional groups attached to an aromatic ring is 1. The SMILES string of the molecule is Nc1ccc(C(F)(F)F)c(-c2cc3nc(OC[C@@H]4CCCN4C4COC4)nc(N4CCCCC4)c3cc2Cl)n1. The molecule has 1 atom stereocenters. The van der Waals surface area contributed by atoms with Gasteiger partial charge in [0.05, 0.1) is 41.1 Å². The molecule has 0 bridgehead atoms. The first kappa shape index (κ1) is 26.3. The minimum absolute atomic E-state index is 0.0344. The summed E-state index contributed by atoms with van der Waals surface area (Å²) < 4.78 is 53.1. The molecule has 208 valence electrons. The Morgan fingerprint density at radius 3 is 2.54 bits per heavy atom. The van der Waals surface area contributed by atoms with Gasteiger partial charge in [0.25, 0.3) is 0 Å². The first-order valence-electron chi connectivity index (χ1n) is 13.3.